The first-order chi connectivity index (χ1) is 8.20. The lowest BCUT2D eigenvalue weighted by Gasteiger charge is -2.05. The zero-order chi connectivity index (χ0) is 12.3. The largest absolute Gasteiger partial charge is 0.496 e. The Labute approximate surface area is 102 Å². The van der Waals surface area contributed by atoms with Gasteiger partial charge in [-0.15, -0.1) is 11.3 Å². The van der Waals surface area contributed by atoms with Crippen LogP contribution in [0.25, 0.3) is 0 Å². The van der Waals surface area contributed by atoms with E-state index in [-0.39, 0.29) is 5.91 Å². The quantitative estimate of drug-likeness (QED) is 0.872. The number of hydrogen-bond acceptors (Lipinski definition) is 5. The lowest BCUT2D eigenvalue weighted by atomic mass is 10.3. The van der Waals surface area contributed by atoms with E-state index in [1.807, 2.05) is 0 Å². The molecule has 0 spiro atoms. The summed E-state index contributed by atoms with van der Waals surface area (Å²) in [5.41, 5.74) is 6.67. The van der Waals surface area contributed by atoms with Crippen LogP contribution >= 0.6 is 11.3 Å². The van der Waals surface area contributed by atoms with E-state index in [2.05, 4.69) is 10.3 Å². The number of carbonyl (C=O) groups is 1. The molecule has 0 atom stereocenters. The number of nitrogens with two attached hydrogens (primary N) is 1. The van der Waals surface area contributed by atoms with E-state index in [4.69, 9.17) is 10.5 Å². The minimum atomic E-state index is -0.212. The van der Waals surface area contributed by atoms with Crippen LogP contribution in [-0.4, -0.2) is 18.0 Å². The molecule has 2 rings (SSSR count). The number of aromatic nitrogens is 1. The van der Waals surface area contributed by atoms with Gasteiger partial charge in [0.15, 0.2) is 0 Å². The van der Waals surface area contributed by atoms with Gasteiger partial charge < -0.3 is 15.8 Å². The van der Waals surface area contributed by atoms with Crippen molar-refractivity contribution in [3.8, 4) is 5.75 Å². The van der Waals surface area contributed by atoms with Crippen LogP contribution in [0.4, 0.5) is 11.4 Å². The summed E-state index contributed by atoms with van der Waals surface area (Å²) >= 11 is 1.31. The molecule has 0 saturated carbocycles. The number of carbonyl (C=O) groups excluding carboxylic acids is 1. The van der Waals surface area contributed by atoms with E-state index in [1.54, 1.807) is 30.8 Å². The van der Waals surface area contributed by atoms with Crippen molar-refractivity contribution in [2.24, 2.45) is 0 Å². The SMILES string of the molecule is COc1csc(C(=O)Nc2ccncc2N)c1. The molecule has 6 heteroatoms. The molecule has 5 nitrogen and oxygen atoms in total. The van der Waals surface area contributed by atoms with Gasteiger partial charge in [0.1, 0.15) is 5.75 Å². The zero-order valence-corrected chi connectivity index (χ0v) is 9.95. The fraction of sp³-hybridized carbons (Fsp3) is 0.0909. The molecule has 0 unspecified atom stereocenters. The number of pyridine rings is 1. The van der Waals surface area contributed by atoms with Crippen molar-refractivity contribution in [1.82, 2.24) is 4.98 Å². The third-order valence-corrected chi connectivity index (χ3v) is 3.04. The molecule has 0 aliphatic heterocycles. The highest BCUT2D eigenvalue weighted by Gasteiger charge is 2.10. The summed E-state index contributed by atoms with van der Waals surface area (Å²) in [6.07, 6.45) is 3.06. The summed E-state index contributed by atoms with van der Waals surface area (Å²) < 4.78 is 5.01. The molecule has 0 radical (unpaired) electrons. The number of nitrogens with zero attached hydrogens (tertiary/aromatic N) is 1. The van der Waals surface area contributed by atoms with Crippen LogP contribution in [0.2, 0.25) is 0 Å². The molecule has 2 heterocycles. The Morgan fingerprint density at radius 3 is 3.06 bits per heavy atom. The monoisotopic (exact) mass is 249 g/mol. The van der Waals surface area contributed by atoms with Crippen molar-refractivity contribution in [1.29, 1.82) is 0 Å². The summed E-state index contributed by atoms with van der Waals surface area (Å²) in [6, 6.07) is 3.33. The van der Waals surface area contributed by atoms with Gasteiger partial charge in [-0.1, -0.05) is 0 Å². The number of anilines is 2. The van der Waals surface area contributed by atoms with Crippen molar-refractivity contribution in [3.05, 3.63) is 34.8 Å². The molecule has 3 N–H and O–H groups in total. The topological polar surface area (TPSA) is 77.2 Å². The summed E-state index contributed by atoms with van der Waals surface area (Å²) in [6.45, 7) is 0. The summed E-state index contributed by atoms with van der Waals surface area (Å²) in [5, 5.41) is 4.48. The Morgan fingerprint density at radius 2 is 2.41 bits per heavy atom. The molecular formula is C11H11N3O2S. The highest BCUT2D eigenvalue weighted by atomic mass is 32.1. The predicted molar refractivity (Wildman–Crippen MR) is 67.5 cm³/mol. The van der Waals surface area contributed by atoms with Crippen LogP contribution in [0.5, 0.6) is 5.75 Å². The van der Waals surface area contributed by atoms with Crippen molar-refractivity contribution >= 4 is 28.6 Å². The van der Waals surface area contributed by atoms with Gasteiger partial charge in [0.05, 0.1) is 29.6 Å². The molecule has 0 aromatic carbocycles. The minimum Gasteiger partial charge on any atom is -0.496 e. The first-order valence-electron chi connectivity index (χ1n) is 4.84. The summed E-state index contributed by atoms with van der Waals surface area (Å²) in [5.74, 6) is 0.457. The lowest BCUT2D eigenvalue weighted by molar-refractivity contribution is 0.103. The number of thiophene rings is 1. The molecule has 0 saturated heterocycles. The van der Waals surface area contributed by atoms with Gasteiger partial charge in [-0.05, 0) is 6.07 Å². The minimum absolute atomic E-state index is 0.212. The maximum atomic E-state index is 11.9. The molecular weight excluding hydrogens is 238 g/mol. The average molecular weight is 249 g/mol. The number of nitrogens with one attached hydrogen (secondary N) is 1. The van der Waals surface area contributed by atoms with Gasteiger partial charge in [-0.25, -0.2) is 0 Å². The molecule has 0 fully saturated rings. The fourth-order valence-corrected chi connectivity index (χ4v) is 2.00. The fourth-order valence-electron chi connectivity index (χ4n) is 1.25. The summed E-state index contributed by atoms with van der Waals surface area (Å²) in [7, 11) is 1.56. The number of methoxy groups -OCH3 is 1. The number of rotatable bonds is 3. The Balaban J connectivity index is 2.14. The first kappa shape index (κ1) is 11.4. The normalized spacial score (nSPS) is 9.94. The molecule has 0 aliphatic rings. The van der Waals surface area contributed by atoms with Crippen LogP contribution in [0.15, 0.2) is 29.9 Å². The smallest absolute Gasteiger partial charge is 0.265 e. The van der Waals surface area contributed by atoms with Crippen molar-refractivity contribution in [3.63, 3.8) is 0 Å². The second kappa shape index (κ2) is 4.84. The van der Waals surface area contributed by atoms with Crippen LogP contribution in [0, 0.1) is 0 Å². The molecule has 2 aromatic rings. The molecule has 88 valence electrons. The second-order valence-corrected chi connectivity index (χ2v) is 4.18. The van der Waals surface area contributed by atoms with Gasteiger partial charge in [0.25, 0.3) is 5.91 Å². The van der Waals surface area contributed by atoms with Crippen molar-refractivity contribution in [2.75, 3.05) is 18.2 Å². The Morgan fingerprint density at radius 1 is 1.59 bits per heavy atom. The van der Waals surface area contributed by atoms with Gasteiger partial charge in [0, 0.05) is 17.6 Å². The average Bonchev–Trinajstić information content (AvgIpc) is 2.81. The van der Waals surface area contributed by atoms with E-state index in [9.17, 15) is 4.79 Å². The molecule has 17 heavy (non-hydrogen) atoms. The van der Waals surface area contributed by atoms with Crippen molar-refractivity contribution < 1.29 is 9.53 Å². The van der Waals surface area contributed by atoms with Gasteiger partial charge in [0.2, 0.25) is 0 Å². The molecule has 0 aliphatic carbocycles. The van der Waals surface area contributed by atoms with Gasteiger partial charge >= 0.3 is 0 Å². The Bertz CT molecular complexity index is 539. The van der Waals surface area contributed by atoms with E-state index in [1.165, 1.54) is 17.5 Å². The summed E-state index contributed by atoms with van der Waals surface area (Å²) in [4.78, 5) is 16.3. The van der Waals surface area contributed by atoms with Crippen molar-refractivity contribution in [2.45, 2.75) is 0 Å². The second-order valence-electron chi connectivity index (χ2n) is 3.27. The third-order valence-electron chi connectivity index (χ3n) is 2.13. The standard InChI is InChI=1S/C11H11N3O2S/c1-16-7-4-10(17-6-7)11(15)14-9-2-3-13-5-8(9)12/h2-6H,12H2,1H3,(H,13,14,15). The highest BCUT2D eigenvalue weighted by molar-refractivity contribution is 7.12. The van der Waals surface area contributed by atoms with E-state index < -0.39 is 0 Å². The maximum absolute atomic E-state index is 11.9. The van der Waals surface area contributed by atoms with E-state index in [0.29, 0.717) is 22.0 Å². The zero-order valence-electron chi connectivity index (χ0n) is 9.14. The molecule has 2 aromatic heterocycles. The Hall–Kier alpha value is -2.08. The molecule has 1 amide bonds. The maximum Gasteiger partial charge on any atom is 0.265 e. The lowest BCUT2D eigenvalue weighted by Crippen LogP contribution is -2.11. The number of amides is 1. The number of hydrogen-bond donors (Lipinski definition) is 2. The number of ether oxygens (including phenoxy) is 1. The number of nitrogen functional groups attached to an aromatic ring is 1. The van der Waals surface area contributed by atoms with Gasteiger partial charge in [-0.2, -0.15) is 0 Å². The predicted octanol–water partition coefficient (Wildman–Crippen LogP) is 1.99. The van der Waals surface area contributed by atoms with E-state index in [0.717, 1.165) is 0 Å². The van der Waals surface area contributed by atoms with Crippen LogP contribution in [0.1, 0.15) is 9.67 Å². The third kappa shape index (κ3) is 2.54. The van der Waals surface area contributed by atoms with Gasteiger partial charge in [-0.3, -0.25) is 9.78 Å². The van der Waals surface area contributed by atoms with Crippen LogP contribution in [0.3, 0.4) is 0 Å². The molecule has 0 bridgehead atoms. The Kier molecular flexibility index (Phi) is 3.24. The van der Waals surface area contributed by atoms with Crippen LogP contribution < -0.4 is 15.8 Å². The van der Waals surface area contributed by atoms with E-state index >= 15 is 0 Å². The van der Waals surface area contributed by atoms with Crippen LogP contribution in [-0.2, 0) is 0 Å². The highest BCUT2D eigenvalue weighted by Crippen LogP contribution is 2.23. The first-order valence-corrected chi connectivity index (χ1v) is 5.72.